The van der Waals surface area contributed by atoms with Crippen molar-refractivity contribution in [3.8, 4) is 17.2 Å². The summed E-state index contributed by atoms with van der Waals surface area (Å²) in [5.41, 5.74) is 1.33. The Kier molecular flexibility index (Phi) is 8.20. The molecule has 9 heteroatoms. The number of ether oxygens (including phenoxy) is 3. The Morgan fingerprint density at radius 1 is 1.00 bits per heavy atom. The van der Waals surface area contributed by atoms with Crippen LogP contribution in [0, 0.1) is 6.92 Å². The van der Waals surface area contributed by atoms with E-state index >= 15 is 0 Å². The van der Waals surface area contributed by atoms with Crippen molar-refractivity contribution < 1.29 is 27.4 Å². The van der Waals surface area contributed by atoms with Gasteiger partial charge >= 0.3 is 0 Å². The Morgan fingerprint density at radius 2 is 1.70 bits per heavy atom. The van der Waals surface area contributed by atoms with Crippen LogP contribution in [0.15, 0.2) is 41.3 Å². The molecule has 1 amide bonds. The van der Waals surface area contributed by atoms with Gasteiger partial charge in [0.15, 0.2) is 11.5 Å². The van der Waals surface area contributed by atoms with Gasteiger partial charge in [0.2, 0.25) is 15.8 Å². The largest absolute Gasteiger partial charge is 0.493 e. The lowest BCUT2D eigenvalue weighted by atomic mass is 10.0. The van der Waals surface area contributed by atoms with E-state index in [9.17, 15) is 13.2 Å². The van der Waals surface area contributed by atoms with Crippen molar-refractivity contribution in [3.63, 3.8) is 0 Å². The van der Waals surface area contributed by atoms with E-state index < -0.39 is 10.0 Å². The standard InChI is InChI=1S/C24H32N2O6S/c1-17-8-10-19(11-9-17)33(28,29)26-16-6-5-7-18(26)14-15-25-24(27)20-12-13-21(30-2)23(32-4)22(20)31-3/h8-13,18H,5-7,14-16H2,1-4H3,(H,25,27). The molecule has 0 radical (unpaired) electrons. The van der Waals surface area contributed by atoms with Gasteiger partial charge in [-0.3, -0.25) is 4.79 Å². The van der Waals surface area contributed by atoms with Gasteiger partial charge < -0.3 is 19.5 Å². The number of benzene rings is 2. The third-order valence-electron chi connectivity index (χ3n) is 5.91. The summed E-state index contributed by atoms with van der Waals surface area (Å²) in [6.07, 6.45) is 3.08. The summed E-state index contributed by atoms with van der Waals surface area (Å²) in [7, 11) is 0.866. The van der Waals surface area contributed by atoms with Crippen molar-refractivity contribution in [1.29, 1.82) is 0 Å². The molecule has 0 spiro atoms. The lowest BCUT2D eigenvalue weighted by Crippen LogP contribution is -2.45. The predicted molar refractivity (Wildman–Crippen MR) is 126 cm³/mol. The highest BCUT2D eigenvalue weighted by Crippen LogP contribution is 2.39. The Labute approximate surface area is 195 Å². The fourth-order valence-electron chi connectivity index (χ4n) is 4.15. The van der Waals surface area contributed by atoms with Crippen molar-refractivity contribution in [2.24, 2.45) is 0 Å². The maximum absolute atomic E-state index is 13.2. The SMILES string of the molecule is COc1ccc(C(=O)NCCC2CCCCN2S(=O)(=O)c2ccc(C)cc2)c(OC)c1OC. The smallest absolute Gasteiger partial charge is 0.255 e. The number of nitrogens with one attached hydrogen (secondary N) is 1. The molecule has 3 rings (SSSR count). The maximum atomic E-state index is 13.2. The van der Waals surface area contributed by atoms with Gasteiger partial charge in [0, 0.05) is 19.1 Å². The van der Waals surface area contributed by atoms with Gasteiger partial charge in [0.1, 0.15) is 0 Å². The number of aryl methyl sites for hydroxylation is 1. The molecule has 1 saturated heterocycles. The lowest BCUT2D eigenvalue weighted by Gasteiger charge is -2.34. The van der Waals surface area contributed by atoms with E-state index in [-0.39, 0.29) is 17.7 Å². The average Bonchev–Trinajstić information content (AvgIpc) is 2.83. The van der Waals surface area contributed by atoms with Gasteiger partial charge in [-0.25, -0.2) is 8.42 Å². The summed E-state index contributed by atoms with van der Waals surface area (Å²) in [5, 5.41) is 2.89. The number of carbonyl (C=O) groups is 1. The van der Waals surface area contributed by atoms with Gasteiger partial charge in [-0.05, 0) is 50.5 Å². The molecule has 180 valence electrons. The predicted octanol–water partition coefficient (Wildman–Crippen LogP) is 3.38. The minimum Gasteiger partial charge on any atom is -0.493 e. The molecule has 0 bridgehead atoms. The van der Waals surface area contributed by atoms with Crippen LogP contribution in [0.25, 0.3) is 0 Å². The van der Waals surface area contributed by atoms with Crippen molar-refractivity contribution in [2.45, 2.75) is 43.5 Å². The highest BCUT2D eigenvalue weighted by atomic mass is 32.2. The molecule has 1 unspecified atom stereocenters. The second kappa shape index (κ2) is 10.9. The Bertz CT molecular complexity index is 1070. The molecule has 1 aliphatic heterocycles. The molecule has 2 aromatic rings. The number of rotatable bonds is 9. The van der Waals surface area contributed by atoms with Crippen LogP contribution >= 0.6 is 0 Å². The number of hydrogen-bond acceptors (Lipinski definition) is 6. The monoisotopic (exact) mass is 476 g/mol. The third-order valence-corrected chi connectivity index (χ3v) is 7.88. The summed E-state index contributed by atoms with van der Waals surface area (Å²) >= 11 is 0. The minimum absolute atomic E-state index is 0.169. The van der Waals surface area contributed by atoms with Crippen molar-refractivity contribution in [2.75, 3.05) is 34.4 Å². The number of sulfonamides is 1. The van der Waals surface area contributed by atoms with E-state index in [0.29, 0.717) is 41.5 Å². The molecule has 2 aromatic carbocycles. The van der Waals surface area contributed by atoms with Gasteiger partial charge in [-0.2, -0.15) is 4.31 Å². The average molecular weight is 477 g/mol. The van der Waals surface area contributed by atoms with Gasteiger partial charge in [-0.15, -0.1) is 0 Å². The fourth-order valence-corrected chi connectivity index (χ4v) is 5.88. The normalized spacial score (nSPS) is 16.8. The van der Waals surface area contributed by atoms with E-state index in [1.165, 1.54) is 21.3 Å². The number of methoxy groups -OCH3 is 3. The lowest BCUT2D eigenvalue weighted by molar-refractivity contribution is 0.0945. The molecule has 1 atom stereocenters. The summed E-state index contributed by atoms with van der Waals surface area (Å²) in [6.45, 7) is 2.75. The van der Waals surface area contributed by atoms with Crippen LogP contribution in [-0.4, -0.2) is 59.1 Å². The second-order valence-corrected chi connectivity index (χ2v) is 9.90. The third kappa shape index (κ3) is 5.42. The fraction of sp³-hybridized carbons (Fsp3) is 0.458. The first-order chi connectivity index (χ1) is 15.8. The summed E-state index contributed by atoms with van der Waals surface area (Å²) in [4.78, 5) is 13.2. The molecular formula is C24H32N2O6S. The molecule has 0 aromatic heterocycles. The number of piperidine rings is 1. The Morgan fingerprint density at radius 3 is 2.33 bits per heavy atom. The number of hydrogen-bond donors (Lipinski definition) is 1. The van der Waals surface area contributed by atoms with Gasteiger partial charge in [0.25, 0.3) is 5.91 Å². The van der Waals surface area contributed by atoms with Crippen LogP contribution in [-0.2, 0) is 10.0 Å². The zero-order valence-corrected chi connectivity index (χ0v) is 20.4. The molecule has 1 fully saturated rings. The number of nitrogens with zero attached hydrogens (tertiary/aromatic N) is 1. The molecular weight excluding hydrogens is 444 g/mol. The van der Waals surface area contributed by atoms with Crippen LogP contribution in [0.3, 0.4) is 0 Å². The molecule has 1 aliphatic rings. The summed E-state index contributed by atoms with van der Waals surface area (Å²) in [5.74, 6) is 0.771. The second-order valence-electron chi connectivity index (χ2n) is 8.00. The number of carbonyl (C=O) groups excluding carboxylic acids is 1. The van der Waals surface area contributed by atoms with Crippen molar-refractivity contribution >= 4 is 15.9 Å². The Balaban J connectivity index is 1.70. The summed E-state index contributed by atoms with van der Waals surface area (Å²) in [6, 6.07) is 10.0. The molecule has 0 saturated carbocycles. The van der Waals surface area contributed by atoms with E-state index in [1.807, 2.05) is 19.1 Å². The molecule has 0 aliphatic carbocycles. The van der Waals surface area contributed by atoms with Crippen LogP contribution in [0.2, 0.25) is 0 Å². The molecule has 8 nitrogen and oxygen atoms in total. The van der Waals surface area contributed by atoms with E-state index in [2.05, 4.69) is 5.32 Å². The van der Waals surface area contributed by atoms with Crippen molar-refractivity contribution in [3.05, 3.63) is 47.5 Å². The van der Waals surface area contributed by atoms with E-state index in [0.717, 1.165) is 24.8 Å². The minimum atomic E-state index is -3.59. The zero-order valence-electron chi connectivity index (χ0n) is 19.6. The highest BCUT2D eigenvalue weighted by molar-refractivity contribution is 7.89. The van der Waals surface area contributed by atoms with Crippen molar-refractivity contribution in [1.82, 2.24) is 9.62 Å². The zero-order chi connectivity index (χ0) is 24.0. The maximum Gasteiger partial charge on any atom is 0.255 e. The number of amides is 1. The molecule has 33 heavy (non-hydrogen) atoms. The highest BCUT2D eigenvalue weighted by Gasteiger charge is 2.33. The quantitative estimate of drug-likeness (QED) is 0.596. The van der Waals surface area contributed by atoms with Crippen LogP contribution in [0.4, 0.5) is 0 Å². The summed E-state index contributed by atoms with van der Waals surface area (Å²) < 4.78 is 44.1. The van der Waals surface area contributed by atoms with Gasteiger partial charge in [-0.1, -0.05) is 24.1 Å². The van der Waals surface area contributed by atoms with Crippen LogP contribution < -0.4 is 19.5 Å². The van der Waals surface area contributed by atoms with E-state index in [4.69, 9.17) is 14.2 Å². The van der Waals surface area contributed by atoms with E-state index in [1.54, 1.807) is 28.6 Å². The topological polar surface area (TPSA) is 94.2 Å². The van der Waals surface area contributed by atoms with Crippen LogP contribution in [0.5, 0.6) is 17.2 Å². The first kappa shape index (κ1) is 24.9. The van der Waals surface area contributed by atoms with Gasteiger partial charge in [0.05, 0.1) is 31.8 Å². The molecule has 1 N–H and O–H groups in total. The molecule has 1 heterocycles. The van der Waals surface area contributed by atoms with Crippen LogP contribution in [0.1, 0.15) is 41.6 Å². The first-order valence-electron chi connectivity index (χ1n) is 11.0. The first-order valence-corrected chi connectivity index (χ1v) is 12.4. The Hall–Kier alpha value is -2.78.